The fraction of sp³-hybridized carbons (Fsp3) is 0.200. The van der Waals surface area contributed by atoms with Crippen molar-refractivity contribution in [3.05, 3.63) is 72.1 Å². The van der Waals surface area contributed by atoms with Crippen molar-refractivity contribution in [3.63, 3.8) is 0 Å². The predicted molar refractivity (Wildman–Crippen MR) is 102 cm³/mol. The van der Waals surface area contributed by atoms with Crippen molar-refractivity contribution < 1.29 is 4.74 Å². The van der Waals surface area contributed by atoms with E-state index in [1.165, 1.54) is 5.56 Å². The molecule has 0 radical (unpaired) electrons. The summed E-state index contributed by atoms with van der Waals surface area (Å²) >= 11 is 0. The van der Waals surface area contributed by atoms with Gasteiger partial charge < -0.3 is 15.4 Å². The minimum absolute atomic E-state index is 0.718. The second kappa shape index (κ2) is 8.15. The zero-order valence-corrected chi connectivity index (χ0v) is 14.5. The lowest BCUT2D eigenvalue weighted by molar-refractivity contribution is 0.415. The summed E-state index contributed by atoms with van der Waals surface area (Å²) in [6.45, 7) is 2.71. The van der Waals surface area contributed by atoms with Crippen molar-refractivity contribution in [2.45, 2.75) is 13.3 Å². The highest BCUT2D eigenvalue weighted by Crippen LogP contribution is 2.21. The molecule has 2 aromatic carbocycles. The van der Waals surface area contributed by atoms with Crippen molar-refractivity contribution >= 4 is 17.3 Å². The van der Waals surface area contributed by atoms with Crippen molar-refractivity contribution in [1.82, 2.24) is 9.97 Å². The molecule has 1 heterocycles. The highest BCUT2D eigenvalue weighted by Gasteiger charge is 2.03. The molecule has 3 aromatic rings. The number of rotatable bonds is 7. The van der Waals surface area contributed by atoms with Crippen molar-refractivity contribution in [2.75, 3.05) is 24.3 Å². The fourth-order valence-corrected chi connectivity index (χ4v) is 2.55. The van der Waals surface area contributed by atoms with Gasteiger partial charge in [0.25, 0.3) is 0 Å². The first-order valence-corrected chi connectivity index (χ1v) is 8.27. The van der Waals surface area contributed by atoms with Crippen LogP contribution in [-0.2, 0) is 6.42 Å². The summed E-state index contributed by atoms with van der Waals surface area (Å²) in [6.07, 6.45) is 0.947. The van der Waals surface area contributed by atoms with Crippen LogP contribution in [-0.4, -0.2) is 23.6 Å². The maximum Gasteiger partial charge on any atom is 0.136 e. The van der Waals surface area contributed by atoms with E-state index < -0.39 is 0 Å². The number of methoxy groups -OCH3 is 1. The molecule has 0 aliphatic heterocycles. The van der Waals surface area contributed by atoms with Crippen LogP contribution in [0.2, 0.25) is 0 Å². The topological polar surface area (TPSA) is 59.1 Å². The highest BCUT2D eigenvalue weighted by molar-refractivity contribution is 5.60. The van der Waals surface area contributed by atoms with Crippen LogP contribution >= 0.6 is 0 Å². The fourth-order valence-electron chi connectivity index (χ4n) is 2.55. The summed E-state index contributed by atoms with van der Waals surface area (Å²) < 4.78 is 5.25. The standard InChI is InChI=1S/C20H22N4O/c1-15-22-19(21-12-11-16-7-4-3-5-8-16)14-20(23-15)24-17-9-6-10-18(13-17)25-2/h3-10,13-14H,11-12H2,1-2H3,(H2,21,22,23,24). The van der Waals surface area contributed by atoms with E-state index in [-0.39, 0.29) is 0 Å². The maximum atomic E-state index is 5.25. The molecule has 0 saturated heterocycles. The van der Waals surface area contributed by atoms with E-state index in [0.717, 1.165) is 41.9 Å². The number of benzene rings is 2. The molecule has 25 heavy (non-hydrogen) atoms. The van der Waals surface area contributed by atoms with Gasteiger partial charge in [-0.3, -0.25) is 0 Å². The van der Waals surface area contributed by atoms with Crippen LogP contribution in [0.25, 0.3) is 0 Å². The van der Waals surface area contributed by atoms with Crippen LogP contribution < -0.4 is 15.4 Å². The Hall–Kier alpha value is -3.08. The van der Waals surface area contributed by atoms with Crippen LogP contribution in [0.4, 0.5) is 17.3 Å². The third kappa shape index (κ3) is 4.94. The van der Waals surface area contributed by atoms with Gasteiger partial charge in [0.15, 0.2) is 0 Å². The molecule has 0 saturated carbocycles. The maximum absolute atomic E-state index is 5.25. The van der Waals surface area contributed by atoms with Gasteiger partial charge in [-0.15, -0.1) is 0 Å². The number of nitrogens with zero attached hydrogens (tertiary/aromatic N) is 2. The lowest BCUT2D eigenvalue weighted by Crippen LogP contribution is -2.08. The Bertz CT molecular complexity index is 821. The van der Waals surface area contributed by atoms with E-state index in [4.69, 9.17) is 4.74 Å². The average molecular weight is 334 g/mol. The first kappa shape index (κ1) is 16.8. The Morgan fingerprint density at radius 1 is 0.920 bits per heavy atom. The molecule has 0 atom stereocenters. The molecule has 0 bridgehead atoms. The van der Waals surface area contributed by atoms with Crippen LogP contribution in [0, 0.1) is 6.92 Å². The van der Waals surface area contributed by atoms with Crippen molar-refractivity contribution in [1.29, 1.82) is 0 Å². The zero-order chi connectivity index (χ0) is 17.5. The van der Waals surface area contributed by atoms with Crippen LogP contribution in [0.5, 0.6) is 5.75 Å². The Balaban J connectivity index is 1.65. The Morgan fingerprint density at radius 2 is 1.72 bits per heavy atom. The number of anilines is 3. The second-order valence-electron chi connectivity index (χ2n) is 5.70. The smallest absolute Gasteiger partial charge is 0.136 e. The molecule has 2 N–H and O–H groups in total. The number of hydrogen-bond acceptors (Lipinski definition) is 5. The molecule has 0 fully saturated rings. The monoisotopic (exact) mass is 334 g/mol. The van der Waals surface area contributed by atoms with Crippen molar-refractivity contribution in [2.24, 2.45) is 0 Å². The van der Waals surface area contributed by atoms with E-state index in [9.17, 15) is 0 Å². The number of aromatic nitrogens is 2. The van der Waals surface area contributed by atoms with Gasteiger partial charge in [-0.1, -0.05) is 36.4 Å². The molecule has 128 valence electrons. The quantitative estimate of drug-likeness (QED) is 0.678. The van der Waals surface area contributed by atoms with E-state index >= 15 is 0 Å². The first-order valence-electron chi connectivity index (χ1n) is 8.27. The van der Waals surface area contributed by atoms with Gasteiger partial charge in [0, 0.05) is 24.4 Å². The SMILES string of the molecule is COc1cccc(Nc2cc(NCCc3ccccc3)nc(C)n2)c1. The molecule has 0 spiro atoms. The van der Waals surface area contributed by atoms with Gasteiger partial charge in [-0.25, -0.2) is 9.97 Å². The third-order valence-corrected chi connectivity index (χ3v) is 3.74. The Labute approximate surface area is 148 Å². The van der Waals surface area contributed by atoms with Gasteiger partial charge in [-0.05, 0) is 31.0 Å². The molecule has 0 aliphatic rings. The lowest BCUT2D eigenvalue weighted by Gasteiger charge is -2.11. The highest BCUT2D eigenvalue weighted by atomic mass is 16.5. The molecular weight excluding hydrogens is 312 g/mol. The molecular formula is C20H22N4O. The summed E-state index contributed by atoms with van der Waals surface area (Å²) in [5.74, 6) is 3.09. The minimum atomic E-state index is 0.718. The zero-order valence-electron chi connectivity index (χ0n) is 14.5. The minimum Gasteiger partial charge on any atom is -0.497 e. The number of aryl methyl sites for hydroxylation is 1. The van der Waals surface area contributed by atoms with Gasteiger partial charge in [0.2, 0.25) is 0 Å². The molecule has 3 rings (SSSR count). The molecule has 5 heteroatoms. The van der Waals surface area contributed by atoms with E-state index in [2.05, 4.69) is 44.9 Å². The van der Waals surface area contributed by atoms with Crippen LogP contribution in [0.15, 0.2) is 60.7 Å². The van der Waals surface area contributed by atoms with Gasteiger partial charge in [0.1, 0.15) is 23.2 Å². The predicted octanol–water partition coefficient (Wildman–Crippen LogP) is 4.19. The summed E-state index contributed by atoms with van der Waals surface area (Å²) in [7, 11) is 1.66. The molecule has 5 nitrogen and oxygen atoms in total. The molecule has 0 unspecified atom stereocenters. The normalized spacial score (nSPS) is 10.3. The van der Waals surface area contributed by atoms with Gasteiger partial charge in [-0.2, -0.15) is 0 Å². The van der Waals surface area contributed by atoms with Crippen LogP contribution in [0.1, 0.15) is 11.4 Å². The van der Waals surface area contributed by atoms with Gasteiger partial charge in [0.05, 0.1) is 7.11 Å². The first-order chi connectivity index (χ1) is 12.2. The van der Waals surface area contributed by atoms with Crippen molar-refractivity contribution in [3.8, 4) is 5.75 Å². The number of nitrogens with one attached hydrogen (secondary N) is 2. The van der Waals surface area contributed by atoms with Crippen LogP contribution in [0.3, 0.4) is 0 Å². The molecule has 0 aliphatic carbocycles. The van der Waals surface area contributed by atoms with Gasteiger partial charge >= 0.3 is 0 Å². The van der Waals surface area contributed by atoms with E-state index in [1.807, 2.05) is 43.3 Å². The number of ether oxygens (including phenoxy) is 1. The summed E-state index contributed by atoms with van der Waals surface area (Å²) in [5.41, 5.74) is 2.23. The largest absolute Gasteiger partial charge is 0.497 e. The van der Waals surface area contributed by atoms with E-state index in [1.54, 1.807) is 7.11 Å². The second-order valence-corrected chi connectivity index (χ2v) is 5.70. The Morgan fingerprint density at radius 3 is 2.52 bits per heavy atom. The van der Waals surface area contributed by atoms with E-state index in [0.29, 0.717) is 0 Å². The molecule has 1 aromatic heterocycles. The molecule has 0 amide bonds. The lowest BCUT2D eigenvalue weighted by atomic mass is 10.1. The third-order valence-electron chi connectivity index (χ3n) is 3.74. The summed E-state index contributed by atoms with van der Waals surface area (Å²) in [6, 6.07) is 20.1. The Kier molecular flexibility index (Phi) is 5.46. The number of hydrogen-bond donors (Lipinski definition) is 2. The summed E-state index contributed by atoms with van der Waals surface area (Å²) in [4.78, 5) is 8.90. The summed E-state index contributed by atoms with van der Waals surface area (Å²) in [5, 5.41) is 6.66. The average Bonchev–Trinajstić information content (AvgIpc) is 2.62.